The number of carbonyl (C=O) groups is 1. The molecule has 0 aromatic carbocycles. The van der Waals surface area contributed by atoms with Gasteiger partial charge in [0.05, 0.1) is 12.2 Å². The number of ether oxygens (including phenoxy) is 1. The van der Waals surface area contributed by atoms with Crippen LogP contribution in [0.15, 0.2) is 6.20 Å². The van der Waals surface area contributed by atoms with Crippen molar-refractivity contribution in [3.8, 4) is 0 Å². The van der Waals surface area contributed by atoms with Gasteiger partial charge in [0.1, 0.15) is 6.61 Å². The van der Waals surface area contributed by atoms with Gasteiger partial charge in [0, 0.05) is 24.8 Å². The Bertz CT molecular complexity index is 448. The smallest absolute Gasteiger partial charge is 0.416 e. The Morgan fingerprint density at radius 1 is 1.44 bits per heavy atom. The molecule has 0 unspecified atom stereocenters. The molecular formula is C10H12N4O2. The first kappa shape index (κ1) is 9.53. The molecule has 0 saturated carbocycles. The topological polar surface area (TPSA) is 58.6 Å². The summed E-state index contributed by atoms with van der Waals surface area (Å²) in [6.07, 6.45) is 1.44. The zero-order chi connectivity index (χ0) is 11.1. The van der Waals surface area contributed by atoms with Crippen LogP contribution >= 0.6 is 0 Å². The van der Waals surface area contributed by atoms with Crippen LogP contribution in [0.2, 0.25) is 0 Å². The van der Waals surface area contributed by atoms with Crippen molar-refractivity contribution in [2.24, 2.45) is 0 Å². The summed E-state index contributed by atoms with van der Waals surface area (Å²) in [4.78, 5) is 23.6. The monoisotopic (exact) mass is 220 g/mol. The molecule has 3 heterocycles. The Morgan fingerprint density at radius 3 is 3.06 bits per heavy atom. The number of hydrogen-bond donors (Lipinski definition) is 0. The molecule has 0 N–H and O–H groups in total. The third kappa shape index (κ3) is 1.42. The first-order valence-corrected chi connectivity index (χ1v) is 5.21. The number of amides is 1. The Balaban J connectivity index is 1.93. The van der Waals surface area contributed by atoms with Crippen LogP contribution in [0.25, 0.3) is 0 Å². The van der Waals surface area contributed by atoms with Gasteiger partial charge in [0.25, 0.3) is 0 Å². The van der Waals surface area contributed by atoms with Gasteiger partial charge in [-0.25, -0.2) is 19.7 Å². The van der Waals surface area contributed by atoms with Crippen LogP contribution in [-0.4, -0.2) is 41.2 Å². The summed E-state index contributed by atoms with van der Waals surface area (Å²) in [5, 5.41) is 0. The summed E-state index contributed by atoms with van der Waals surface area (Å²) in [6.45, 7) is 2.64. The molecule has 0 atom stereocenters. The number of aromatic nitrogens is 2. The van der Waals surface area contributed by atoms with Gasteiger partial charge in [-0.15, -0.1) is 0 Å². The molecular weight excluding hydrogens is 208 g/mol. The average Bonchev–Trinajstić information content (AvgIpc) is 2.81. The first-order valence-electron chi connectivity index (χ1n) is 5.21. The minimum absolute atomic E-state index is 0.355. The second-order valence-corrected chi connectivity index (χ2v) is 4.08. The van der Waals surface area contributed by atoms with E-state index in [-0.39, 0.29) is 6.09 Å². The molecule has 1 amide bonds. The summed E-state index contributed by atoms with van der Waals surface area (Å²) < 4.78 is 4.86. The molecule has 0 spiro atoms. The molecule has 1 aromatic heterocycles. The normalized spacial score (nSPS) is 20.1. The van der Waals surface area contributed by atoms with Crippen LogP contribution < -0.4 is 4.90 Å². The minimum Gasteiger partial charge on any atom is -0.447 e. The van der Waals surface area contributed by atoms with Gasteiger partial charge in [0.15, 0.2) is 0 Å². The summed E-state index contributed by atoms with van der Waals surface area (Å²) in [7, 11) is 2.03. The number of anilines is 1. The lowest BCUT2D eigenvalue weighted by Crippen LogP contribution is -2.25. The fraction of sp³-hybridized carbons (Fsp3) is 0.500. The van der Waals surface area contributed by atoms with Crippen molar-refractivity contribution in [3.05, 3.63) is 17.5 Å². The lowest BCUT2D eigenvalue weighted by molar-refractivity contribution is 0.181. The fourth-order valence-corrected chi connectivity index (χ4v) is 2.01. The van der Waals surface area contributed by atoms with Crippen LogP contribution in [0.3, 0.4) is 0 Å². The highest BCUT2D eigenvalue weighted by Crippen LogP contribution is 2.21. The summed E-state index contributed by atoms with van der Waals surface area (Å²) in [5.74, 6) is 0.455. The van der Waals surface area contributed by atoms with E-state index in [1.165, 1.54) is 4.90 Å². The molecule has 84 valence electrons. The van der Waals surface area contributed by atoms with E-state index in [0.29, 0.717) is 19.1 Å². The Hall–Kier alpha value is -1.69. The molecule has 0 radical (unpaired) electrons. The Morgan fingerprint density at radius 2 is 2.31 bits per heavy atom. The maximum absolute atomic E-state index is 11.4. The molecule has 1 fully saturated rings. The summed E-state index contributed by atoms with van der Waals surface area (Å²) in [6, 6.07) is 0. The van der Waals surface area contributed by atoms with Crippen LogP contribution in [-0.2, 0) is 17.8 Å². The van der Waals surface area contributed by atoms with Crippen molar-refractivity contribution in [1.29, 1.82) is 0 Å². The van der Waals surface area contributed by atoms with Gasteiger partial charge in [0.2, 0.25) is 5.95 Å². The van der Waals surface area contributed by atoms with Gasteiger partial charge < -0.3 is 4.74 Å². The second kappa shape index (κ2) is 3.41. The minimum atomic E-state index is -0.355. The van der Waals surface area contributed by atoms with Gasteiger partial charge >= 0.3 is 6.09 Å². The SMILES string of the molecule is CN1Cc2cnc(N3CCOC3=O)nc2C1. The van der Waals surface area contributed by atoms with Gasteiger partial charge in [-0.3, -0.25) is 4.90 Å². The van der Waals surface area contributed by atoms with E-state index in [0.717, 1.165) is 24.3 Å². The van der Waals surface area contributed by atoms with Gasteiger partial charge in [-0.2, -0.15) is 0 Å². The molecule has 16 heavy (non-hydrogen) atoms. The molecule has 2 aliphatic rings. The standard InChI is InChI=1S/C10H12N4O2/c1-13-5-7-4-11-9(12-8(7)6-13)14-2-3-16-10(14)15/h4H,2-3,5-6H2,1H3. The van der Waals surface area contributed by atoms with E-state index in [4.69, 9.17) is 4.74 Å². The van der Waals surface area contributed by atoms with Crippen LogP contribution in [0, 0.1) is 0 Å². The summed E-state index contributed by atoms with van der Waals surface area (Å²) >= 11 is 0. The molecule has 6 nitrogen and oxygen atoms in total. The molecule has 2 aliphatic heterocycles. The van der Waals surface area contributed by atoms with Crippen molar-refractivity contribution < 1.29 is 9.53 Å². The third-order valence-electron chi connectivity index (χ3n) is 2.80. The predicted octanol–water partition coefficient (Wildman–Crippen LogP) is 0.379. The number of carbonyl (C=O) groups excluding carboxylic acids is 1. The zero-order valence-corrected chi connectivity index (χ0v) is 9.01. The lowest BCUT2D eigenvalue weighted by atomic mass is 10.3. The van der Waals surface area contributed by atoms with Crippen LogP contribution in [0.5, 0.6) is 0 Å². The molecule has 0 bridgehead atoms. The highest BCUT2D eigenvalue weighted by atomic mass is 16.6. The van der Waals surface area contributed by atoms with Crippen molar-refractivity contribution in [3.63, 3.8) is 0 Å². The van der Waals surface area contributed by atoms with Crippen molar-refractivity contribution >= 4 is 12.0 Å². The maximum atomic E-state index is 11.4. The van der Waals surface area contributed by atoms with E-state index in [1.54, 1.807) is 6.20 Å². The largest absolute Gasteiger partial charge is 0.447 e. The molecule has 1 aromatic rings. The molecule has 1 saturated heterocycles. The highest BCUT2D eigenvalue weighted by molar-refractivity contribution is 5.87. The Kier molecular flexibility index (Phi) is 2.03. The maximum Gasteiger partial charge on any atom is 0.416 e. The lowest BCUT2D eigenvalue weighted by Gasteiger charge is -2.10. The predicted molar refractivity (Wildman–Crippen MR) is 55.9 cm³/mol. The molecule has 0 aliphatic carbocycles. The van der Waals surface area contributed by atoms with Gasteiger partial charge in [-0.1, -0.05) is 0 Å². The van der Waals surface area contributed by atoms with E-state index in [9.17, 15) is 4.79 Å². The summed E-state index contributed by atoms with van der Waals surface area (Å²) in [5.41, 5.74) is 2.14. The quantitative estimate of drug-likeness (QED) is 0.684. The molecule has 3 rings (SSSR count). The van der Waals surface area contributed by atoms with E-state index >= 15 is 0 Å². The van der Waals surface area contributed by atoms with Crippen LogP contribution in [0.4, 0.5) is 10.7 Å². The Labute approximate surface area is 92.8 Å². The fourth-order valence-electron chi connectivity index (χ4n) is 2.01. The van der Waals surface area contributed by atoms with Gasteiger partial charge in [-0.05, 0) is 7.05 Å². The van der Waals surface area contributed by atoms with Crippen molar-refractivity contribution in [2.45, 2.75) is 13.1 Å². The number of rotatable bonds is 1. The molecule has 6 heteroatoms. The van der Waals surface area contributed by atoms with E-state index < -0.39 is 0 Å². The van der Waals surface area contributed by atoms with E-state index in [2.05, 4.69) is 14.9 Å². The zero-order valence-electron chi connectivity index (χ0n) is 9.01. The second-order valence-electron chi connectivity index (χ2n) is 4.08. The van der Waals surface area contributed by atoms with Crippen molar-refractivity contribution in [2.75, 3.05) is 25.1 Å². The number of nitrogens with zero attached hydrogens (tertiary/aromatic N) is 4. The highest BCUT2D eigenvalue weighted by Gasteiger charge is 2.27. The van der Waals surface area contributed by atoms with Crippen LogP contribution in [0.1, 0.15) is 11.3 Å². The number of fused-ring (bicyclic) bond motifs is 1. The third-order valence-corrected chi connectivity index (χ3v) is 2.80. The first-order chi connectivity index (χ1) is 7.74. The van der Waals surface area contributed by atoms with Crippen molar-refractivity contribution in [1.82, 2.24) is 14.9 Å². The average molecular weight is 220 g/mol. The number of cyclic esters (lactones) is 1. The number of hydrogen-bond acceptors (Lipinski definition) is 5. The van der Waals surface area contributed by atoms with E-state index in [1.807, 2.05) is 7.05 Å².